The summed E-state index contributed by atoms with van der Waals surface area (Å²) >= 11 is 0. The van der Waals surface area contributed by atoms with Crippen molar-refractivity contribution in [2.75, 3.05) is 18.0 Å². The molecule has 1 aliphatic rings. The molecule has 0 aliphatic carbocycles. The van der Waals surface area contributed by atoms with E-state index in [1.165, 1.54) is 25.7 Å². The van der Waals surface area contributed by atoms with E-state index in [4.69, 9.17) is 0 Å². The Bertz CT molecular complexity index is 774. The maximum absolute atomic E-state index is 12.2. The number of carboxylic acids is 1. The third kappa shape index (κ3) is 3.67. The van der Waals surface area contributed by atoms with Crippen LogP contribution in [0.25, 0.3) is 0 Å². The predicted molar refractivity (Wildman–Crippen MR) is 93.9 cm³/mol. The zero-order valence-corrected chi connectivity index (χ0v) is 13.6. The van der Waals surface area contributed by atoms with E-state index >= 15 is 0 Å². The third-order valence-corrected chi connectivity index (χ3v) is 4.53. The maximum Gasteiger partial charge on any atom is 0.336 e. The van der Waals surface area contributed by atoms with Gasteiger partial charge in [0.25, 0.3) is 5.56 Å². The van der Waals surface area contributed by atoms with Crippen LogP contribution in [0.15, 0.2) is 47.4 Å². The second-order valence-corrected chi connectivity index (χ2v) is 6.22. The van der Waals surface area contributed by atoms with Crippen molar-refractivity contribution in [1.82, 2.24) is 4.57 Å². The fourth-order valence-corrected chi connectivity index (χ4v) is 3.21. The number of carbonyl (C=O) groups is 1. The van der Waals surface area contributed by atoms with Crippen LogP contribution in [0.2, 0.25) is 0 Å². The highest BCUT2D eigenvalue weighted by molar-refractivity contribution is 5.89. The molecule has 1 N–H and O–H groups in total. The molecule has 0 saturated carbocycles. The van der Waals surface area contributed by atoms with Crippen LogP contribution in [0.4, 0.5) is 5.69 Å². The second-order valence-electron chi connectivity index (χ2n) is 6.22. The Kier molecular flexibility index (Phi) is 4.99. The summed E-state index contributed by atoms with van der Waals surface area (Å²) in [6.45, 7) is 2.27. The summed E-state index contributed by atoms with van der Waals surface area (Å²) in [7, 11) is 0. The van der Waals surface area contributed by atoms with Crippen LogP contribution in [-0.4, -0.2) is 28.7 Å². The van der Waals surface area contributed by atoms with Gasteiger partial charge in [0.2, 0.25) is 0 Å². The lowest BCUT2D eigenvalue weighted by Crippen LogP contribution is -2.27. The first kappa shape index (κ1) is 16.3. The van der Waals surface area contributed by atoms with Gasteiger partial charge in [-0.25, -0.2) is 4.79 Å². The Balaban J connectivity index is 1.90. The normalized spacial score (nSPS) is 15.1. The Hall–Kier alpha value is -2.56. The van der Waals surface area contributed by atoms with Crippen molar-refractivity contribution >= 4 is 11.7 Å². The van der Waals surface area contributed by atoms with Crippen LogP contribution in [0, 0.1) is 0 Å². The summed E-state index contributed by atoms with van der Waals surface area (Å²) < 4.78 is 1.60. The average Bonchev–Trinajstić information content (AvgIpc) is 2.86. The largest absolute Gasteiger partial charge is 0.478 e. The van der Waals surface area contributed by atoms with Crippen LogP contribution in [0.1, 0.15) is 41.6 Å². The number of benzene rings is 1. The van der Waals surface area contributed by atoms with Crippen molar-refractivity contribution in [3.8, 4) is 0 Å². The van der Waals surface area contributed by atoms with Gasteiger partial charge < -0.3 is 14.6 Å². The highest BCUT2D eigenvalue weighted by Gasteiger charge is 2.13. The molecule has 5 heteroatoms. The minimum atomic E-state index is -0.970. The first-order chi connectivity index (χ1) is 11.6. The topological polar surface area (TPSA) is 62.5 Å². The molecule has 0 amide bonds. The highest BCUT2D eigenvalue weighted by Crippen LogP contribution is 2.19. The van der Waals surface area contributed by atoms with Crippen LogP contribution < -0.4 is 10.5 Å². The fraction of sp³-hybridized carbons (Fsp3) is 0.368. The van der Waals surface area contributed by atoms with E-state index in [0.29, 0.717) is 5.56 Å². The standard InChI is InChI=1S/C19H22N2O3/c22-18-10-9-16(20-11-5-1-2-6-12-20)14-21(18)13-15-7-3-4-8-17(15)19(23)24/h3-4,7-10,14H,1-2,5-6,11-13H2,(H,23,24). The Labute approximate surface area is 141 Å². The Morgan fingerprint density at radius 2 is 1.71 bits per heavy atom. The quantitative estimate of drug-likeness (QED) is 0.938. The van der Waals surface area contributed by atoms with E-state index in [9.17, 15) is 14.7 Å². The molecule has 0 radical (unpaired) electrons. The maximum atomic E-state index is 12.2. The highest BCUT2D eigenvalue weighted by atomic mass is 16.4. The van der Waals surface area contributed by atoms with E-state index < -0.39 is 5.97 Å². The molecule has 24 heavy (non-hydrogen) atoms. The van der Waals surface area contributed by atoms with Crippen LogP contribution in [-0.2, 0) is 6.54 Å². The van der Waals surface area contributed by atoms with Gasteiger partial charge in [-0.2, -0.15) is 0 Å². The number of rotatable bonds is 4. The summed E-state index contributed by atoms with van der Waals surface area (Å²) in [4.78, 5) is 25.9. The van der Waals surface area contributed by atoms with Crippen molar-refractivity contribution in [1.29, 1.82) is 0 Å². The number of aromatic nitrogens is 1. The lowest BCUT2D eigenvalue weighted by molar-refractivity contribution is 0.0695. The number of nitrogens with zero attached hydrogens (tertiary/aromatic N) is 2. The predicted octanol–water partition coefficient (Wildman–Crippen LogP) is 2.98. The van der Waals surface area contributed by atoms with Crippen molar-refractivity contribution in [2.24, 2.45) is 0 Å². The van der Waals surface area contributed by atoms with Gasteiger partial charge in [-0.3, -0.25) is 4.79 Å². The van der Waals surface area contributed by atoms with Gasteiger partial charge in [-0.15, -0.1) is 0 Å². The molecular weight excluding hydrogens is 304 g/mol. The van der Waals surface area contributed by atoms with E-state index in [1.54, 1.807) is 34.9 Å². The number of hydrogen-bond acceptors (Lipinski definition) is 3. The van der Waals surface area contributed by atoms with Gasteiger partial charge in [0.15, 0.2) is 0 Å². The first-order valence-electron chi connectivity index (χ1n) is 8.42. The molecule has 1 aliphatic heterocycles. The number of aromatic carboxylic acids is 1. The molecule has 0 atom stereocenters. The molecule has 1 saturated heterocycles. The van der Waals surface area contributed by atoms with Crippen LogP contribution in [0.5, 0.6) is 0 Å². The first-order valence-corrected chi connectivity index (χ1v) is 8.42. The van der Waals surface area contributed by atoms with Crippen molar-refractivity contribution < 1.29 is 9.90 Å². The molecule has 1 aromatic heterocycles. The number of carboxylic acid groups (broad SMARTS) is 1. The van der Waals surface area contributed by atoms with Crippen LogP contribution in [0.3, 0.4) is 0 Å². The minimum absolute atomic E-state index is 0.117. The number of hydrogen-bond donors (Lipinski definition) is 1. The van der Waals surface area contributed by atoms with Crippen molar-refractivity contribution in [2.45, 2.75) is 32.2 Å². The summed E-state index contributed by atoms with van der Waals surface area (Å²) in [5.74, 6) is -0.970. The zero-order valence-electron chi connectivity index (χ0n) is 13.6. The van der Waals surface area contributed by atoms with Crippen LogP contribution >= 0.6 is 0 Å². The molecule has 0 unspecified atom stereocenters. The summed E-state index contributed by atoms with van der Waals surface area (Å²) in [5.41, 5.74) is 1.79. The van der Waals surface area contributed by atoms with Crippen molar-refractivity contribution in [3.05, 3.63) is 64.1 Å². The molecule has 0 spiro atoms. The summed E-state index contributed by atoms with van der Waals surface area (Å²) in [5, 5.41) is 9.31. The second kappa shape index (κ2) is 7.34. The number of anilines is 1. The molecule has 3 rings (SSSR count). The third-order valence-electron chi connectivity index (χ3n) is 4.53. The summed E-state index contributed by atoms with van der Waals surface area (Å²) in [6.07, 6.45) is 6.69. The van der Waals surface area contributed by atoms with Gasteiger partial charge in [-0.05, 0) is 30.5 Å². The van der Waals surface area contributed by atoms with Crippen molar-refractivity contribution in [3.63, 3.8) is 0 Å². The summed E-state index contributed by atoms with van der Waals surface area (Å²) in [6, 6.07) is 10.3. The van der Waals surface area contributed by atoms with Gasteiger partial charge >= 0.3 is 5.97 Å². The lowest BCUT2D eigenvalue weighted by Gasteiger charge is -2.23. The zero-order chi connectivity index (χ0) is 16.9. The van der Waals surface area contributed by atoms with E-state index in [-0.39, 0.29) is 17.7 Å². The average molecular weight is 326 g/mol. The monoisotopic (exact) mass is 326 g/mol. The van der Waals surface area contributed by atoms with Gasteiger partial charge in [-0.1, -0.05) is 31.0 Å². The molecule has 2 aromatic rings. The van der Waals surface area contributed by atoms with Gasteiger partial charge in [0.1, 0.15) is 0 Å². The Morgan fingerprint density at radius 1 is 1.00 bits per heavy atom. The minimum Gasteiger partial charge on any atom is -0.478 e. The van der Waals surface area contributed by atoms with E-state index in [0.717, 1.165) is 18.8 Å². The molecule has 2 heterocycles. The molecule has 1 aromatic carbocycles. The van der Waals surface area contributed by atoms with E-state index in [2.05, 4.69) is 4.90 Å². The SMILES string of the molecule is O=C(O)c1ccccc1Cn1cc(N2CCCCCC2)ccc1=O. The molecule has 5 nitrogen and oxygen atoms in total. The Morgan fingerprint density at radius 3 is 2.42 bits per heavy atom. The molecule has 126 valence electrons. The molecular formula is C19H22N2O3. The van der Waals surface area contributed by atoms with Gasteiger partial charge in [0.05, 0.1) is 17.8 Å². The molecule has 1 fully saturated rings. The smallest absolute Gasteiger partial charge is 0.336 e. The number of pyridine rings is 1. The van der Waals surface area contributed by atoms with Gasteiger partial charge in [0, 0.05) is 25.4 Å². The fourth-order valence-electron chi connectivity index (χ4n) is 3.21. The molecule has 0 bridgehead atoms. The lowest BCUT2D eigenvalue weighted by atomic mass is 10.1. The van der Waals surface area contributed by atoms with E-state index in [1.807, 2.05) is 12.3 Å².